The van der Waals surface area contributed by atoms with Crippen molar-refractivity contribution in [3.63, 3.8) is 0 Å². The van der Waals surface area contributed by atoms with Crippen LogP contribution >= 0.6 is 0 Å². The number of ether oxygens (including phenoxy) is 2. The molecule has 41 heavy (non-hydrogen) atoms. The fourth-order valence-corrected chi connectivity index (χ4v) is 5.86. The van der Waals surface area contributed by atoms with E-state index in [1.165, 1.54) is 22.3 Å². The summed E-state index contributed by atoms with van der Waals surface area (Å²) in [7, 11) is 0. The maximum atomic E-state index is 12.6. The molecule has 0 aromatic heterocycles. The van der Waals surface area contributed by atoms with E-state index in [4.69, 9.17) is 9.47 Å². The standard InChI is InChI=1S/C33H36N2O6/c1-21(40-19-22-9-3-2-4-10-22)31(32(37)38)35-30(36)17-23-15-24(16-23)18-34-33(39)41-20-29-27-13-7-5-11-25(27)26-12-6-8-14-28(26)29/h2-14,21,23-24,29,31H,15-20H2,1H3,(H,34,39)(H,35,36)(H,37,38). The smallest absolute Gasteiger partial charge is 0.407 e. The fourth-order valence-electron chi connectivity index (χ4n) is 5.86. The lowest BCUT2D eigenvalue weighted by Gasteiger charge is -2.35. The van der Waals surface area contributed by atoms with E-state index in [0.717, 1.165) is 18.4 Å². The minimum Gasteiger partial charge on any atom is -0.480 e. The van der Waals surface area contributed by atoms with Crippen molar-refractivity contribution in [2.24, 2.45) is 11.8 Å². The minimum absolute atomic E-state index is 0.0147. The summed E-state index contributed by atoms with van der Waals surface area (Å²) >= 11 is 0. The van der Waals surface area contributed by atoms with Gasteiger partial charge in [0.25, 0.3) is 0 Å². The van der Waals surface area contributed by atoms with Gasteiger partial charge in [0, 0.05) is 18.9 Å². The molecule has 3 N–H and O–H groups in total. The van der Waals surface area contributed by atoms with Crippen LogP contribution in [0.5, 0.6) is 0 Å². The highest BCUT2D eigenvalue weighted by Gasteiger charge is 2.34. The maximum Gasteiger partial charge on any atom is 0.407 e. The zero-order valence-electron chi connectivity index (χ0n) is 23.1. The molecule has 214 valence electrons. The van der Waals surface area contributed by atoms with Gasteiger partial charge in [-0.15, -0.1) is 0 Å². The number of hydrogen-bond donors (Lipinski definition) is 3. The summed E-state index contributed by atoms with van der Waals surface area (Å²) < 4.78 is 11.3. The predicted molar refractivity (Wildman–Crippen MR) is 154 cm³/mol. The zero-order valence-corrected chi connectivity index (χ0v) is 23.1. The van der Waals surface area contributed by atoms with Crippen molar-refractivity contribution < 1.29 is 29.0 Å². The number of carboxylic acid groups (broad SMARTS) is 1. The van der Waals surface area contributed by atoms with Crippen LogP contribution in [0.25, 0.3) is 11.1 Å². The molecule has 1 saturated carbocycles. The Morgan fingerprint density at radius 3 is 2.12 bits per heavy atom. The summed E-state index contributed by atoms with van der Waals surface area (Å²) in [6, 6.07) is 24.8. The molecule has 8 nitrogen and oxygen atoms in total. The van der Waals surface area contributed by atoms with Gasteiger partial charge in [0.05, 0.1) is 12.7 Å². The molecular formula is C33H36N2O6. The lowest BCUT2D eigenvalue weighted by Crippen LogP contribution is -2.49. The van der Waals surface area contributed by atoms with Crippen LogP contribution in [-0.2, 0) is 25.7 Å². The van der Waals surface area contributed by atoms with E-state index in [1.807, 2.05) is 54.6 Å². The van der Waals surface area contributed by atoms with Crippen LogP contribution in [0.2, 0.25) is 0 Å². The summed E-state index contributed by atoms with van der Waals surface area (Å²) in [5, 5.41) is 15.1. The van der Waals surface area contributed by atoms with Crippen molar-refractivity contribution in [2.45, 2.75) is 50.9 Å². The molecule has 0 saturated heterocycles. The zero-order chi connectivity index (χ0) is 28.8. The van der Waals surface area contributed by atoms with Gasteiger partial charge >= 0.3 is 12.1 Å². The SMILES string of the molecule is CC(OCc1ccccc1)C(NC(=O)CC1CC(CNC(=O)OCC2c3ccccc3-c3ccccc32)C1)C(=O)O. The first-order valence-corrected chi connectivity index (χ1v) is 14.2. The molecule has 0 bridgehead atoms. The monoisotopic (exact) mass is 556 g/mol. The summed E-state index contributed by atoms with van der Waals surface area (Å²) in [6.45, 7) is 2.67. The van der Waals surface area contributed by atoms with Crippen molar-refractivity contribution in [1.29, 1.82) is 0 Å². The Kier molecular flexibility index (Phi) is 8.99. The molecular weight excluding hydrogens is 520 g/mol. The first-order valence-electron chi connectivity index (χ1n) is 14.2. The van der Waals surface area contributed by atoms with Crippen molar-refractivity contribution >= 4 is 18.0 Å². The topological polar surface area (TPSA) is 114 Å². The van der Waals surface area contributed by atoms with Gasteiger partial charge in [-0.2, -0.15) is 0 Å². The Morgan fingerprint density at radius 1 is 0.878 bits per heavy atom. The Labute approximate surface area is 240 Å². The van der Waals surface area contributed by atoms with Gasteiger partial charge in [0.1, 0.15) is 6.61 Å². The second-order valence-electron chi connectivity index (χ2n) is 11.0. The first kappa shape index (κ1) is 28.4. The molecule has 2 aliphatic carbocycles. The van der Waals surface area contributed by atoms with Crippen molar-refractivity contribution in [2.75, 3.05) is 13.2 Å². The van der Waals surface area contributed by atoms with Gasteiger partial charge in [-0.3, -0.25) is 4.79 Å². The third kappa shape index (κ3) is 6.95. The van der Waals surface area contributed by atoms with Gasteiger partial charge in [0.15, 0.2) is 6.04 Å². The number of rotatable bonds is 12. The molecule has 0 spiro atoms. The maximum absolute atomic E-state index is 12.6. The number of carbonyl (C=O) groups excluding carboxylic acids is 2. The highest BCUT2D eigenvalue weighted by atomic mass is 16.5. The quantitative estimate of drug-likeness (QED) is 0.286. The van der Waals surface area contributed by atoms with Crippen LogP contribution in [-0.4, -0.2) is 48.4 Å². The average Bonchev–Trinajstić information content (AvgIpc) is 3.28. The van der Waals surface area contributed by atoms with Crippen molar-refractivity contribution in [1.82, 2.24) is 10.6 Å². The van der Waals surface area contributed by atoms with E-state index in [-0.39, 0.29) is 43.3 Å². The molecule has 1 fully saturated rings. The second kappa shape index (κ2) is 13.0. The summed E-state index contributed by atoms with van der Waals surface area (Å²) in [5.74, 6) is -1.00. The highest BCUT2D eigenvalue weighted by Crippen LogP contribution is 2.44. The molecule has 5 rings (SSSR count). The van der Waals surface area contributed by atoms with Crippen molar-refractivity contribution in [3.8, 4) is 11.1 Å². The van der Waals surface area contributed by atoms with Gasteiger partial charge in [-0.25, -0.2) is 9.59 Å². The number of carboxylic acids is 1. The number of amides is 2. The molecule has 2 atom stereocenters. The summed E-state index contributed by atoms with van der Waals surface area (Å²) in [5.41, 5.74) is 5.64. The Morgan fingerprint density at radius 2 is 1.49 bits per heavy atom. The van der Waals surface area contributed by atoms with Crippen LogP contribution in [0.4, 0.5) is 4.79 Å². The lowest BCUT2D eigenvalue weighted by molar-refractivity contribution is -0.146. The number of benzene rings is 3. The molecule has 3 aromatic carbocycles. The Balaban J connectivity index is 1.00. The minimum atomic E-state index is -1.13. The number of fused-ring (bicyclic) bond motifs is 3. The second-order valence-corrected chi connectivity index (χ2v) is 11.0. The molecule has 0 heterocycles. The number of nitrogens with one attached hydrogen (secondary N) is 2. The first-order chi connectivity index (χ1) is 19.9. The van der Waals surface area contributed by atoms with Crippen LogP contribution in [0.15, 0.2) is 78.9 Å². The average molecular weight is 557 g/mol. The third-order valence-corrected chi connectivity index (χ3v) is 8.09. The summed E-state index contributed by atoms with van der Waals surface area (Å²) in [6.07, 6.45) is 0.689. The fraction of sp³-hybridized carbons (Fsp3) is 0.364. The molecule has 3 aromatic rings. The molecule has 0 radical (unpaired) electrons. The lowest BCUT2D eigenvalue weighted by atomic mass is 9.73. The van der Waals surface area contributed by atoms with E-state index in [9.17, 15) is 19.5 Å². The Bertz CT molecular complexity index is 1330. The van der Waals surface area contributed by atoms with E-state index in [0.29, 0.717) is 6.54 Å². The molecule has 2 aliphatic rings. The van der Waals surface area contributed by atoms with Crippen LogP contribution in [0, 0.1) is 11.8 Å². The predicted octanol–water partition coefficient (Wildman–Crippen LogP) is 5.12. The van der Waals surface area contributed by atoms with E-state index in [1.54, 1.807) is 6.92 Å². The number of hydrogen-bond acceptors (Lipinski definition) is 5. The van der Waals surface area contributed by atoms with E-state index < -0.39 is 24.2 Å². The van der Waals surface area contributed by atoms with Crippen LogP contribution in [0.3, 0.4) is 0 Å². The molecule has 2 amide bonds. The largest absolute Gasteiger partial charge is 0.480 e. The van der Waals surface area contributed by atoms with Crippen LogP contribution in [0.1, 0.15) is 48.8 Å². The number of aliphatic carboxylic acids is 1. The van der Waals surface area contributed by atoms with Gasteiger partial charge < -0.3 is 25.2 Å². The third-order valence-electron chi connectivity index (χ3n) is 8.09. The highest BCUT2D eigenvalue weighted by molar-refractivity contribution is 5.84. The number of alkyl carbamates (subject to hydrolysis) is 1. The molecule has 2 unspecified atom stereocenters. The van der Waals surface area contributed by atoms with Crippen molar-refractivity contribution in [3.05, 3.63) is 95.6 Å². The van der Waals surface area contributed by atoms with Crippen LogP contribution < -0.4 is 10.6 Å². The normalized spacial score (nSPS) is 18.8. The van der Waals surface area contributed by atoms with E-state index >= 15 is 0 Å². The summed E-state index contributed by atoms with van der Waals surface area (Å²) in [4.78, 5) is 36.8. The molecule has 0 aliphatic heterocycles. The molecule has 8 heteroatoms. The van der Waals surface area contributed by atoms with Gasteiger partial charge in [-0.1, -0.05) is 78.9 Å². The van der Waals surface area contributed by atoms with E-state index in [2.05, 4.69) is 34.9 Å². The number of carbonyl (C=O) groups is 3. The Hall–Kier alpha value is -4.17. The van der Waals surface area contributed by atoms with Gasteiger partial charge in [0.2, 0.25) is 5.91 Å². The van der Waals surface area contributed by atoms with Gasteiger partial charge in [-0.05, 0) is 59.4 Å².